The lowest BCUT2D eigenvalue weighted by Crippen LogP contribution is -2.84. The fraction of sp³-hybridized carbons (Fsp3) is 0.750. The molecule has 7 rings (SSSR count). The van der Waals surface area contributed by atoms with E-state index in [0.29, 0.717) is 6.42 Å². The molecule has 14 heteroatoms. The molecule has 2 aliphatic heterocycles. The van der Waals surface area contributed by atoms with Crippen LogP contribution in [0, 0.1) is 39.4 Å². The Morgan fingerprint density at radius 3 is 2.16 bits per heavy atom. The Labute approximate surface area is 289 Å². The molecule has 0 aromatic carbocycles. The molecule has 1 aromatic rings. The van der Waals surface area contributed by atoms with Crippen LogP contribution in [0.5, 0.6) is 0 Å². The Balaban J connectivity index is 1.46. The molecule has 4 saturated carbocycles. The molecule has 50 heavy (non-hydrogen) atoms. The van der Waals surface area contributed by atoms with Gasteiger partial charge in [0.1, 0.15) is 11.7 Å². The van der Waals surface area contributed by atoms with Crippen LogP contribution in [0.1, 0.15) is 79.7 Å². The second-order valence-electron chi connectivity index (χ2n) is 16.1. The van der Waals surface area contributed by atoms with Crippen LogP contribution >= 0.6 is 0 Å². The number of fused-ring (bicyclic) bond motifs is 1. The van der Waals surface area contributed by atoms with Gasteiger partial charge in [0.15, 0.2) is 24.1 Å². The van der Waals surface area contributed by atoms with E-state index in [1.807, 2.05) is 6.92 Å². The molecule has 3 heterocycles. The molecule has 6 fully saturated rings. The molecule has 0 radical (unpaired) electrons. The number of aliphatic hydroxyl groups is 2. The summed E-state index contributed by atoms with van der Waals surface area (Å²) in [6.45, 7) is 11.7. The van der Waals surface area contributed by atoms with Gasteiger partial charge in [0.2, 0.25) is 6.29 Å². The zero-order valence-electron chi connectivity index (χ0n) is 29.5. The lowest BCUT2D eigenvalue weighted by Gasteiger charge is -2.73. The third-order valence-corrected chi connectivity index (χ3v) is 13.6. The van der Waals surface area contributed by atoms with Crippen molar-refractivity contribution in [3.8, 4) is 0 Å². The lowest BCUT2D eigenvalue weighted by molar-refractivity contribution is -0.391. The number of hydrogen-bond donors (Lipinski definition) is 2. The maximum atomic E-state index is 15.5. The Morgan fingerprint density at radius 2 is 1.58 bits per heavy atom. The van der Waals surface area contributed by atoms with Crippen LogP contribution in [-0.4, -0.2) is 95.0 Å². The average Bonchev–Trinajstić information content (AvgIpc) is 3.38. The molecule has 2 saturated heterocycles. The summed E-state index contributed by atoms with van der Waals surface area (Å²) in [6, 6.07) is 1.80. The molecule has 6 aliphatic rings. The second kappa shape index (κ2) is 11.1. The largest absolute Gasteiger partial charge is 0.472 e. The lowest BCUT2D eigenvalue weighted by atomic mass is 9.33. The van der Waals surface area contributed by atoms with Gasteiger partial charge in [-0.05, 0) is 37.3 Å². The van der Waals surface area contributed by atoms with Crippen LogP contribution in [0.4, 0.5) is 0 Å². The van der Waals surface area contributed by atoms with Crippen LogP contribution < -0.4 is 0 Å². The van der Waals surface area contributed by atoms with Crippen LogP contribution in [0.3, 0.4) is 0 Å². The van der Waals surface area contributed by atoms with Gasteiger partial charge in [-0.15, -0.1) is 0 Å². The van der Waals surface area contributed by atoms with Crippen molar-refractivity contribution in [1.29, 1.82) is 0 Å². The normalized spacial score (nSPS) is 48.3. The minimum atomic E-state index is -1.70. The molecule has 15 atom stereocenters. The summed E-state index contributed by atoms with van der Waals surface area (Å²) in [5, 5.41) is 25.2. The van der Waals surface area contributed by atoms with Gasteiger partial charge in [0.25, 0.3) is 0 Å². The number of aliphatic hydroxyl groups excluding tert-OH is 2. The predicted molar refractivity (Wildman–Crippen MR) is 166 cm³/mol. The Hall–Kier alpha value is -3.33. The van der Waals surface area contributed by atoms with Gasteiger partial charge in [-0.1, -0.05) is 27.7 Å². The molecule has 1 spiro atoms. The Kier molecular flexibility index (Phi) is 7.78. The molecule has 2 bridgehead atoms. The van der Waals surface area contributed by atoms with Crippen LogP contribution in [-0.2, 0) is 52.4 Å². The minimum Gasteiger partial charge on any atom is -0.472 e. The van der Waals surface area contributed by atoms with Gasteiger partial charge in [-0.2, -0.15) is 0 Å². The van der Waals surface area contributed by atoms with Crippen molar-refractivity contribution in [2.75, 3.05) is 6.61 Å². The van der Waals surface area contributed by atoms with E-state index in [2.05, 4.69) is 0 Å². The summed E-state index contributed by atoms with van der Waals surface area (Å²) >= 11 is 0. The fourth-order valence-electron chi connectivity index (χ4n) is 11.7. The number of hydrogen-bond acceptors (Lipinski definition) is 14. The summed E-state index contributed by atoms with van der Waals surface area (Å²) < 4.78 is 42.0. The standard InChI is InChI=1S/C36H46O14/c1-15(2)30(43)49-31-32(6)21-12-22(40)34(8)26(35(21,14-45-31)27(42)25(46-16(3)37)29(32)48-18(5)39)24(41)28(47-17(4)38)33(7)20(19-9-10-44-13-19)11-23-36(33,34)50-23/h9-10,13,15,20-23,25-29,31,40,42H,11-12,14H2,1-8H3/t20-,21+,22+,23+,25-,26-,27-,28-,29+,31+,32-,33+,34-,35+,36+/m1/s1. The number of ketones is 1. The van der Waals surface area contributed by atoms with E-state index in [-0.39, 0.29) is 18.9 Å². The first kappa shape index (κ1) is 35.1. The first-order valence-electron chi connectivity index (χ1n) is 17.3. The number of furan rings is 1. The quantitative estimate of drug-likeness (QED) is 0.249. The number of esters is 4. The van der Waals surface area contributed by atoms with Gasteiger partial charge < -0.3 is 43.1 Å². The van der Waals surface area contributed by atoms with Gasteiger partial charge >= 0.3 is 23.9 Å². The third kappa shape index (κ3) is 4.07. The van der Waals surface area contributed by atoms with Gasteiger partial charge in [0.05, 0.1) is 48.1 Å². The van der Waals surface area contributed by atoms with Crippen molar-refractivity contribution >= 4 is 29.7 Å². The number of ether oxygens (including phenoxy) is 6. The van der Waals surface area contributed by atoms with Gasteiger partial charge in [0, 0.05) is 43.4 Å². The van der Waals surface area contributed by atoms with E-state index >= 15 is 4.79 Å². The van der Waals surface area contributed by atoms with Crippen molar-refractivity contribution in [3.05, 3.63) is 24.2 Å². The molecule has 0 amide bonds. The number of epoxide rings is 1. The molecular formula is C36H46O14. The van der Waals surface area contributed by atoms with Crippen molar-refractivity contribution < 1.29 is 67.0 Å². The summed E-state index contributed by atoms with van der Waals surface area (Å²) in [4.78, 5) is 66.7. The van der Waals surface area contributed by atoms with Crippen LogP contribution in [0.25, 0.3) is 0 Å². The number of carbonyl (C=O) groups is 5. The maximum absolute atomic E-state index is 15.5. The van der Waals surface area contributed by atoms with E-state index in [4.69, 9.17) is 32.8 Å². The molecule has 0 unspecified atom stereocenters. The van der Waals surface area contributed by atoms with Gasteiger partial charge in [-0.3, -0.25) is 24.0 Å². The zero-order chi connectivity index (χ0) is 36.5. The highest BCUT2D eigenvalue weighted by atomic mass is 16.7. The van der Waals surface area contributed by atoms with E-state index in [1.165, 1.54) is 13.2 Å². The monoisotopic (exact) mass is 702 g/mol. The average molecular weight is 703 g/mol. The van der Waals surface area contributed by atoms with Crippen LogP contribution in [0.15, 0.2) is 23.0 Å². The van der Waals surface area contributed by atoms with Crippen molar-refractivity contribution in [2.45, 2.75) is 123 Å². The fourth-order valence-corrected chi connectivity index (χ4v) is 11.7. The van der Waals surface area contributed by atoms with E-state index in [9.17, 15) is 29.4 Å². The summed E-state index contributed by atoms with van der Waals surface area (Å²) in [5.74, 6) is -6.59. The smallest absolute Gasteiger partial charge is 0.310 e. The molecule has 274 valence electrons. The predicted octanol–water partition coefficient (Wildman–Crippen LogP) is 2.21. The SMILES string of the molecule is CC(=O)O[C@@H]1[C@@H](O)[C@@]23CO[C@@H](OC(=O)C(C)C)[C@@](C)([C@H]1OC(C)=O)[C@@H]2C[C@H](O)[C@]1(C)[C@H]3C(=O)[C@@H](OC(C)=O)[C@]2(C)[C@@H](c3ccoc3)C[C@@H]3O[C@@]321. The molecule has 1 aromatic heterocycles. The van der Waals surface area contributed by atoms with Crippen molar-refractivity contribution in [3.63, 3.8) is 0 Å². The number of carbonyl (C=O) groups excluding carboxylic acids is 5. The molecule has 2 N–H and O–H groups in total. The van der Waals surface area contributed by atoms with E-state index < -0.39 is 118 Å². The highest BCUT2D eigenvalue weighted by Gasteiger charge is 2.93. The number of rotatable bonds is 6. The third-order valence-electron chi connectivity index (χ3n) is 13.6. The van der Waals surface area contributed by atoms with Crippen LogP contribution in [0.2, 0.25) is 0 Å². The topological polar surface area (TPSA) is 198 Å². The second-order valence-corrected chi connectivity index (χ2v) is 16.1. The highest BCUT2D eigenvalue weighted by Crippen LogP contribution is 2.83. The van der Waals surface area contributed by atoms with Crippen molar-refractivity contribution in [2.24, 2.45) is 39.4 Å². The Morgan fingerprint density at radius 1 is 0.920 bits per heavy atom. The number of Topliss-reactive ketones (excluding diaryl/α,β-unsaturated/α-hetero) is 1. The first-order valence-corrected chi connectivity index (χ1v) is 17.3. The summed E-state index contributed by atoms with van der Waals surface area (Å²) in [5.41, 5.74) is -6.22. The van der Waals surface area contributed by atoms with Gasteiger partial charge in [-0.25, -0.2) is 0 Å². The highest BCUT2D eigenvalue weighted by molar-refractivity contribution is 5.93. The molecular weight excluding hydrogens is 656 g/mol. The summed E-state index contributed by atoms with van der Waals surface area (Å²) in [7, 11) is 0. The Bertz CT molecular complexity index is 1620. The summed E-state index contributed by atoms with van der Waals surface area (Å²) in [6.07, 6.45) is -5.64. The van der Waals surface area contributed by atoms with E-state index in [0.717, 1.165) is 19.4 Å². The molecule has 14 nitrogen and oxygen atoms in total. The first-order chi connectivity index (χ1) is 23.3. The maximum Gasteiger partial charge on any atom is 0.310 e. The van der Waals surface area contributed by atoms with E-state index in [1.54, 1.807) is 40.0 Å². The zero-order valence-corrected chi connectivity index (χ0v) is 29.5. The minimum absolute atomic E-state index is 0.0556. The van der Waals surface area contributed by atoms with Crippen molar-refractivity contribution in [1.82, 2.24) is 0 Å². The molecule has 4 aliphatic carbocycles.